The molecule has 1 aromatic carbocycles. The van der Waals surface area contributed by atoms with Crippen LogP contribution in [-0.2, 0) is 13.1 Å². The summed E-state index contributed by atoms with van der Waals surface area (Å²) in [5.74, 6) is 0.848. The van der Waals surface area contributed by atoms with Gasteiger partial charge in [0.1, 0.15) is 5.58 Å². The van der Waals surface area contributed by atoms with Crippen LogP contribution in [0.4, 0.5) is 0 Å². The first-order valence-corrected chi connectivity index (χ1v) is 5.91. The van der Waals surface area contributed by atoms with E-state index in [1.165, 1.54) is 0 Å². The molecule has 0 bridgehead atoms. The van der Waals surface area contributed by atoms with E-state index in [9.17, 15) is 0 Å². The number of nitrogens with one attached hydrogen (secondary N) is 1. The molecule has 0 unspecified atom stereocenters. The van der Waals surface area contributed by atoms with Gasteiger partial charge in [-0.3, -0.25) is 0 Å². The van der Waals surface area contributed by atoms with Gasteiger partial charge in [-0.2, -0.15) is 0 Å². The molecule has 0 radical (unpaired) electrons. The Labute approximate surface area is 105 Å². The van der Waals surface area contributed by atoms with Gasteiger partial charge in [-0.1, -0.05) is 23.4 Å². The smallest absolute Gasteiger partial charge is 0.150 e. The highest BCUT2D eigenvalue weighted by Crippen LogP contribution is 2.20. The lowest BCUT2D eigenvalue weighted by Gasteiger charge is -1.99. The fourth-order valence-electron chi connectivity index (χ4n) is 1.99. The van der Waals surface area contributed by atoms with Crippen LogP contribution < -0.4 is 5.32 Å². The third kappa shape index (κ3) is 2.15. The molecule has 0 aliphatic heterocycles. The molecule has 1 N–H and O–H groups in total. The second-order valence-electron chi connectivity index (χ2n) is 4.30. The maximum atomic E-state index is 5.48. The number of aryl methyl sites for hydroxylation is 1. The van der Waals surface area contributed by atoms with Gasteiger partial charge < -0.3 is 14.3 Å². The highest BCUT2D eigenvalue weighted by Gasteiger charge is 2.05. The fourth-order valence-corrected chi connectivity index (χ4v) is 1.99. The first-order valence-electron chi connectivity index (χ1n) is 5.91. The predicted octanol–water partition coefficient (Wildman–Crippen LogP) is 3.02. The summed E-state index contributed by atoms with van der Waals surface area (Å²) in [5.41, 5.74) is 2.98. The molecule has 4 heteroatoms. The molecular formula is C14H14N2O2. The SMILES string of the molecule is Cc1cc(CNCc2coc3ccccc23)on1. The zero-order chi connectivity index (χ0) is 12.4. The Hall–Kier alpha value is -2.07. The van der Waals surface area contributed by atoms with Gasteiger partial charge in [0.2, 0.25) is 0 Å². The minimum absolute atomic E-state index is 0.667. The summed E-state index contributed by atoms with van der Waals surface area (Å²) in [6.45, 7) is 3.33. The molecule has 4 nitrogen and oxygen atoms in total. The van der Waals surface area contributed by atoms with Crippen LogP contribution in [0.15, 0.2) is 45.5 Å². The van der Waals surface area contributed by atoms with Crippen LogP contribution in [-0.4, -0.2) is 5.16 Å². The Bertz CT molecular complexity index is 654. The lowest BCUT2D eigenvalue weighted by molar-refractivity contribution is 0.369. The monoisotopic (exact) mass is 242 g/mol. The average Bonchev–Trinajstić information content (AvgIpc) is 2.97. The Morgan fingerprint density at radius 3 is 2.94 bits per heavy atom. The van der Waals surface area contributed by atoms with E-state index in [-0.39, 0.29) is 0 Å². The van der Waals surface area contributed by atoms with Crippen molar-refractivity contribution in [3.63, 3.8) is 0 Å². The van der Waals surface area contributed by atoms with E-state index in [1.807, 2.05) is 31.2 Å². The van der Waals surface area contributed by atoms with Crippen LogP contribution in [0.1, 0.15) is 17.0 Å². The standard InChI is InChI=1S/C14H14N2O2/c1-10-6-12(18-16-10)8-15-7-11-9-17-14-5-3-2-4-13(11)14/h2-6,9,15H,7-8H2,1H3. The van der Waals surface area contributed by atoms with E-state index in [1.54, 1.807) is 6.26 Å². The van der Waals surface area contributed by atoms with Gasteiger partial charge in [-0.05, 0) is 13.0 Å². The molecule has 92 valence electrons. The van der Waals surface area contributed by atoms with Crippen LogP contribution in [0.3, 0.4) is 0 Å². The molecule has 0 saturated heterocycles. The molecule has 0 atom stereocenters. The highest BCUT2D eigenvalue weighted by atomic mass is 16.5. The molecule has 2 heterocycles. The van der Waals surface area contributed by atoms with Gasteiger partial charge in [-0.25, -0.2) is 0 Å². The molecular weight excluding hydrogens is 228 g/mol. The average molecular weight is 242 g/mol. The minimum Gasteiger partial charge on any atom is -0.464 e. The Kier molecular flexibility index (Phi) is 2.86. The van der Waals surface area contributed by atoms with Crippen molar-refractivity contribution in [3.05, 3.63) is 53.6 Å². The number of nitrogens with zero attached hydrogens (tertiary/aromatic N) is 1. The number of para-hydroxylation sites is 1. The number of rotatable bonds is 4. The van der Waals surface area contributed by atoms with E-state index >= 15 is 0 Å². The maximum absolute atomic E-state index is 5.48. The number of hydrogen-bond acceptors (Lipinski definition) is 4. The van der Waals surface area contributed by atoms with Crippen molar-refractivity contribution in [3.8, 4) is 0 Å². The summed E-state index contributed by atoms with van der Waals surface area (Å²) in [4.78, 5) is 0. The van der Waals surface area contributed by atoms with Crippen molar-refractivity contribution in [1.29, 1.82) is 0 Å². The zero-order valence-corrected chi connectivity index (χ0v) is 10.1. The van der Waals surface area contributed by atoms with E-state index in [0.717, 1.165) is 34.5 Å². The van der Waals surface area contributed by atoms with Gasteiger partial charge in [0, 0.05) is 23.6 Å². The second kappa shape index (κ2) is 4.66. The lowest BCUT2D eigenvalue weighted by atomic mass is 10.2. The van der Waals surface area contributed by atoms with E-state index in [0.29, 0.717) is 6.54 Å². The molecule has 0 saturated carbocycles. The van der Waals surface area contributed by atoms with Crippen LogP contribution in [0.2, 0.25) is 0 Å². The van der Waals surface area contributed by atoms with E-state index in [2.05, 4.69) is 16.5 Å². The number of hydrogen-bond donors (Lipinski definition) is 1. The minimum atomic E-state index is 0.667. The third-order valence-electron chi connectivity index (χ3n) is 2.85. The topological polar surface area (TPSA) is 51.2 Å². The van der Waals surface area contributed by atoms with E-state index < -0.39 is 0 Å². The molecule has 0 aliphatic rings. The highest BCUT2D eigenvalue weighted by molar-refractivity contribution is 5.80. The maximum Gasteiger partial charge on any atom is 0.150 e. The summed E-state index contributed by atoms with van der Waals surface area (Å²) in [6, 6.07) is 9.95. The zero-order valence-electron chi connectivity index (χ0n) is 10.1. The summed E-state index contributed by atoms with van der Waals surface area (Å²) >= 11 is 0. The van der Waals surface area contributed by atoms with E-state index in [4.69, 9.17) is 8.94 Å². The molecule has 0 fully saturated rings. The van der Waals surface area contributed by atoms with Crippen LogP contribution in [0, 0.1) is 6.92 Å². The van der Waals surface area contributed by atoms with Gasteiger partial charge in [0.15, 0.2) is 5.76 Å². The third-order valence-corrected chi connectivity index (χ3v) is 2.85. The van der Waals surface area contributed by atoms with Crippen molar-refractivity contribution >= 4 is 11.0 Å². The largest absolute Gasteiger partial charge is 0.464 e. The molecule has 3 rings (SSSR count). The quantitative estimate of drug-likeness (QED) is 0.764. The number of benzene rings is 1. The Morgan fingerprint density at radius 2 is 2.11 bits per heavy atom. The van der Waals surface area contributed by atoms with Gasteiger partial charge in [-0.15, -0.1) is 0 Å². The van der Waals surface area contributed by atoms with Gasteiger partial charge in [0.05, 0.1) is 18.5 Å². The molecule has 0 aliphatic carbocycles. The molecule has 2 aromatic heterocycles. The van der Waals surface area contributed by atoms with Crippen LogP contribution in [0.25, 0.3) is 11.0 Å². The van der Waals surface area contributed by atoms with Crippen molar-refractivity contribution < 1.29 is 8.94 Å². The Balaban J connectivity index is 1.66. The summed E-state index contributed by atoms with van der Waals surface area (Å²) < 4.78 is 10.6. The van der Waals surface area contributed by atoms with Gasteiger partial charge in [0.25, 0.3) is 0 Å². The van der Waals surface area contributed by atoms with Crippen LogP contribution in [0.5, 0.6) is 0 Å². The first kappa shape index (κ1) is 11.0. The lowest BCUT2D eigenvalue weighted by Crippen LogP contribution is -2.11. The number of fused-ring (bicyclic) bond motifs is 1. The number of aromatic nitrogens is 1. The second-order valence-corrected chi connectivity index (χ2v) is 4.30. The fraction of sp³-hybridized carbons (Fsp3) is 0.214. The molecule has 3 aromatic rings. The summed E-state index contributed by atoms with van der Waals surface area (Å²) in [7, 11) is 0. The van der Waals surface area contributed by atoms with Crippen molar-refractivity contribution in [1.82, 2.24) is 10.5 Å². The number of furan rings is 1. The van der Waals surface area contributed by atoms with Crippen molar-refractivity contribution in [2.45, 2.75) is 20.0 Å². The molecule has 0 amide bonds. The summed E-state index contributed by atoms with van der Waals surface area (Å²) in [6.07, 6.45) is 1.79. The summed E-state index contributed by atoms with van der Waals surface area (Å²) in [5, 5.41) is 8.32. The van der Waals surface area contributed by atoms with Gasteiger partial charge >= 0.3 is 0 Å². The molecule has 18 heavy (non-hydrogen) atoms. The normalized spacial score (nSPS) is 11.2. The van der Waals surface area contributed by atoms with Crippen LogP contribution >= 0.6 is 0 Å². The molecule has 0 spiro atoms. The predicted molar refractivity (Wildman–Crippen MR) is 68.0 cm³/mol. The van der Waals surface area contributed by atoms with Crippen molar-refractivity contribution in [2.75, 3.05) is 0 Å². The Morgan fingerprint density at radius 1 is 1.22 bits per heavy atom. The van der Waals surface area contributed by atoms with Crippen molar-refractivity contribution in [2.24, 2.45) is 0 Å². The first-order chi connectivity index (χ1) is 8.83.